The average Bonchev–Trinajstić information content (AvgIpc) is 2.33. The van der Waals surface area contributed by atoms with Crippen molar-refractivity contribution in [3.63, 3.8) is 0 Å². The smallest absolute Gasteiger partial charge is 0.219 e. The minimum absolute atomic E-state index is 0.0298. The summed E-state index contributed by atoms with van der Waals surface area (Å²) in [6.07, 6.45) is 1.53. The number of nitrogens with two attached hydrogens (primary N) is 1. The third kappa shape index (κ3) is 2.81. The summed E-state index contributed by atoms with van der Waals surface area (Å²) >= 11 is 0. The summed E-state index contributed by atoms with van der Waals surface area (Å²) in [5, 5.41) is 0. The number of rotatable bonds is 3. The van der Waals surface area contributed by atoms with Gasteiger partial charge in [0.15, 0.2) is 5.78 Å². The summed E-state index contributed by atoms with van der Waals surface area (Å²) in [5.41, 5.74) is 6.76. The molecule has 0 saturated carbocycles. The Balaban J connectivity index is 2.13. The van der Waals surface area contributed by atoms with Crippen LogP contribution in [0.5, 0.6) is 11.6 Å². The van der Waals surface area contributed by atoms with Crippen molar-refractivity contribution in [2.45, 2.75) is 6.92 Å². The highest BCUT2D eigenvalue weighted by molar-refractivity contribution is 5.94. The van der Waals surface area contributed by atoms with Gasteiger partial charge in [0.2, 0.25) is 5.88 Å². The number of pyridine rings is 1. The first-order chi connectivity index (χ1) is 8.15. The summed E-state index contributed by atoms with van der Waals surface area (Å²) < 4.78 is 5.49. The van der Waals surface area contributed by atoms with Gasteiger partial charge in [0.1, 0.15) is 5.75 Å². The minimum Gasteiger partial charge on any atom is -0.439 e. The predicted octanol–water partition coefficient (Wildman–Crippen LogP) is 2.66. The van der Waals surface area contributed by atoms with Gasteiger partial charge in [-0.2, -0.15) is 0 Å². The number of hydrogen-bond donors (Lipinski definition) is 1. The molecule has 1 aromatic carbocycles. The molecule has 2 aromatic rings. The third-order valence-corrected chi connectivity index (χ3v) is 2.24. The average molecular weight is 228 g/mol. The fraction of sp³-hybridized carbons (Fsp3) is 0.0769. The third-order valence-electron chi connectivity index (χ3n) is 2.24. The number of nitrogens with zero attached hydrogens (tertiary/aromatic N) is 1. The lowest BCUT2D eigenvalue weighted by molar-refractivity contribution is 0.101. The molecule has 0 aliphatic heterocycles. The number of hydrogen-bond acceptors (Lipinski definition) is 4. The topological polar surface area (TPSA) is 65.2 Å². The van der Waals surface area contributed by atoms with Gasteiger partial charge in [0.05, 0.1) is 11.9 Å². The zero-order valence-electron chi connectivity index (χ0n) is 9.38. The van der Waals surface area contributed by atoms with Crippen LogP contribution >= 0.6 is 0 Å². The summed E-state index contributed by atoms with van der Waals surface area (Å²) in [5.74, 6) is 1.13. The van der Waals surface area contributed by atoms with Crippen molar-refractivity contribution in [1.29, 1.82) is 0 Å². The summed E-state index contributed by atoms with van der Waals surface area (Å²) in [4.78, 5) is 15.1. The van der Waals surface area contributed by atoms with Gasteiger partial charge in [-0.25, -0.2) is 4.98 Å². The van der Waals surface area contributed by atoms with Gasteiger partial charge in [-0.1, -0.05) is 0 Å². The maximum Gasteiger partial charge on any atom is 0.219 e. The van der Waals surface area contributed by atoms with Gasteiger partial charge in [-0.05, 0) is 37.3 Å². The number of benzene rings is 1. The van der Waals surface area contributed by atoms with Crippen molar-refractivity contribution < 1.29 is 9.53 Å². The SMILES string of the molecule is CC(=O)c1ccc(Oc2ccc(N)cn2)cc1. The van der Waals surface area contributed by atoms with Crippen LogP contribution in [0, 0.1) is 0 Å². The zero-order chi connectivity index (χ0) is 12.3. The maximum atomic E-state index is 11.1. The number of Topliss-reactive ketones (excluding diaryl/α,β-unsaturated/α-hetero) is 1. The van der Waals surface area contributed by atoms with E-state index in [1.165, 1.54) is 13.1 Å². The molecule has 0 atom stereocenters. The second-order valence-electron chi connectivity index (χ2n) is 3.61. The molecule has 0 spiro atoms. The highest BCUT2D eigenvalue weighted by Gasteiger charge is 2.01. The van der Waals surface area contributed by atoms with E-state index in [0.29, 0.717) is 22.9 Å². The zero-order valence-corrected chi connectivity index (χ0v) is 9.38. The number of ketones is 1. The number of ether oxygens (including phenoxy) is 1. The Hall–Kier alpha value is -2.36. The number of carbonyl (C=O) groups excluding carboxylic acids is 1. The van der Waals surface area contributed by atoms with E-state index in [9.17, 15) is 4.79 Å². The molecule has 86 valence electrons. The van der Waals surface area contributed by atoms with E-state index in [4.69, 9.17) is 10.5 Å². The van der Waals surface area contributed by atoms with E-state index in [1.54, 1.807) is 36.4 Å². The lowest BCUT2D eigenvalue weighted by Crippen LogP contribution is -1.93. The van der Waals surface area contributed by atoms with Crippen LogP contribution in [0.15, 0.2) is 42.6 Å². The van der Waals surface area contributed by atoms with Crippen LogP contribution in [0.4, 0.5) is 5.69 Å². The fourth-order valence-electron chi connectivity index (χ4n) is 1.33. The number of aromatic nitrogens is 1. The van der Waals surface area contributed by atoms with Crippen LogP contribution in [0.2, 0.25) is 0 Å². The predicted molar refractivity (Wildman–Crippen MR) is 65.2 cm³/mol. The Morgan fingerprint density at radius 2 is 1.88 bits per heavy atom. The van der Waals surface area contributed by atoms with E-state index < -0.39 is 0 Å². The number of nitrogen functional groups attached to an aromatic ring is 1. The molecule has 1 heterocycles. The van der Waals surface area contributed by atoms with Crippen molar-refractivity contribution in [3.05, 3.63) is 48.2 Å². The quantitative estimate of drug-likeness (QED) is 0.820. The van der Waals surface area contributed by atoms with Crippen LogP contribution < -0.4 is 10.5 Å². The molecule has 0 aliphatic rings. The first kappa shape index (κ1) is 11.1. The second kappa shape index (κ2) is 4.65. The summed E-state index contributed by atoms with van der Waals surface area (Å²) in [6.45, 7) is 1.53. The second-order valence-corrected chi connectivity index (χ2v) is 3.61. The van der Waals surface area contributed by atoms with Gasteiger partial charge in [0, 0.05) is 11.6 Å². The largest absolute Gasteiger partial charge is 0.439 e. The van der Waals surface area contributed by atoms with Crippen molar-refractivity contribution in [3.8, 4) is 11.6 Å². The molecule has 0 radical (unpaired) electrons. The molecule has 0 aliphatic carbocycles. The van der Waals surface area contributed by atoms with Crippen molar-refractivity contribution in [1.82, 2.24) is 4.98 Å². The van der Waals surface area contributed by atoms with Crippen LogP contribution in [-0.4, -0.2) is 10.8 Å². The van der Waals surface area contributed by atoms with Gasteiger partial charge in [0.25, 0.3) is 0 Å². The number of anilines is 1. The molecule has 0 unspecified atom stereocenters. The van der Waals surface area contributed by atoms with Crippen LogP contribution in [-0.2, 0) is 0 Å². The van der Waals surface area contributed by atoms with E-state index in [-0.39, 0.29) is 5.78 Å². The van der Waals surface area contributed by atoms with Gasteiger partial charge in [-0.3, -0.25) is 4.79 Å². The van der Waals surface area contributed by atoms with Crippen LogP contribution in [0.25, 0.3) is 0 Å². The Morgan fingerprint density at radius 3 is 2.41 bits per heavy atom. The van der Waals surface area contributed by atoms with Crippen molar-refractivity contribution in [2.75, 3.05) is 5.73 Å². The monoisotopic (exact) mass is 228 g/mol. The fourth-order valence-corrected chi connectivity index (χ4v) is 1.33. The maximum absolute atomic E-state index is 11.1. The van der Waals surface area contributed by atoms with Gasteiger partial charge < -0.3 is 10.5 Å². The first-order valence-corrected chi connectivity index (χ1v) is 5.15. The molecule has 2 N–H and O–H groups in total. The molecule has 1 aromatic heterocycles. The molecule has 2 rings (SSSR count). The van der Waals surface area contributed by atoms with Crippen LogP contribution in [0.1, 0.15) is 17.3 Å². The highest BCUT2D eigenvalue weighted by atomic mass is 16.5. The van der Waals surface area contributed by atoms with E-state index >= 15 is 0 Å². The van der Waals surface area contributed by atoms with Crippen molar-refractivity contribution >= 4 is 11.5 Å². The van der Waals surface area contributed by atoms with E-state index in [2.05, 4.69) is 4.98 Å². The molecule has 4 heteroatoms. The Bertz CT molecular complexity index is 518. The molecule has 0 fully saturated rings. The van der Waals surface area contributed by atoms with E-state index in [1.807, 2.05) is 0 Å². The summed E-state index contributed by atoms with van der Waals surface area (Å²) in [7, 11) is 0. The molecular weight excluding hydrogens is 216 g/mol. The van der Waals surface area contributed by atoms with Gasteiger partial charge >= 0.3 is 0 Å². The van der Waals surface area contributed by atoms with Gasteiger partial charge in [-0.15, -0.1) is 0 Å². The van der Waals surface area contributed by atoms with Crippen molar-refractivity contribution in [2.24, 2.45) is 0 Å². The molecular formula is C13H12N2O2. The van der Waals surface area contributed by atoms with E-state index in [0.717, 1.165) is 0 Å². The lowest BCUT2D eigenvalue weighted by atomic mass is 10.1. The Labute approximate surface area is 99.1 Å². The first-order valence-electron chi connectivity index (χ1n) is 5.15. The normalized spacial score (nSPS) is 9.94. The molecule has 17 heavy (non-hydrogen) atoms. The standard InChI is InChI=1S/C13H12N2O2/c1-9(16)10-2-5-12(6-3-10)17-13-7-4-11(14)8-15-13/h2-8H,14H2,1H3. The molecule has 4 nitrogen and oxygen atoms in total. The minimum atomic E-state index is 0.0298. The highest BCUT2D eigenvalue weighted by Crippen LogP contribution is 2.20. The molecule has 0 saturated heterocycles. The Morgan fingerprint density at radius 1 is 1.18 bits per heavy atom. The number of carbonyl (C=O) groups is 1. The molecule has 0 bridgehead atoms. The van der Waals surface area contributed by atoms with Crippen LogP contribution in [0.3, 0.4) is 0 Å². The summed E-state index contributed by atoms with van der Waals surface area (Å²) in [6, 6.07) is 10.3. The lowest BCUT2D eigenvalue weighted by Gasteiger charge is -2.05. The molecule has 0 amide bonds. The Kier molecular flexibility index (Phi) is 3.05.